The monoisotopic (exact) mass is 449 g/mol. The molecule has 0 radical (unpaired) electrons. The molecule has 0 atom stereocenters. The fraction of sp³-hybridized carbons (Fsp3) is 0.400. The molecule has 7 nitrogen and oxygen atoms in total. The summed E-state index contributed by atoms with van der Waals surface area (Å²) < 4.78 is 10.9. The predicted octanol–water partition coefficient (Wildman–Crippen LogP) is 2.56. The predicted molar refractivity (Wildman–Crippen MR) is 108 cm³/mol. The molecule has 2 amide bonds. The van der Waals surface area contributed by atoms with Crippen molar-refractivity contribution in [1.29, 1.82) is 0 Å². The summed E-state index contributed by atoms with van der Waals surface area (Å²) in [6.45, 7) is 2.62. The van der Waals surface area contributed by atoms with Crippen LogP contribution in [0.2, 0.25) is 0 Å². The third-order valence-electron chi connectivity index (χ3n) is 4.70. The zero-order valence-electron chi connectivity index (χ0n) is 15.7. The Morgan fingerprint density at radius 2 is 2.04 bits per heavy atom. The molecule has 8 heteroatoms. The summed E-state index contributed by atoms with van der Waals surface area (Å²) in [7, 11) is 1.67. The summed E-state index contributed by atoms with van der Waals surface area (Å²) in [5.74, 6) is 0.438. The highest BCUT2D eigenvalue weighted by Crippen LogP contribution is 2.17. The van der Waals surface area contributed by atoms with Crippen LogP contribution in [0.3, 0.4) is 0 Å². The molecule has 0 bridgehead atoms. The van der Waals surface area contributed by atoms with Gasteiger partial charge in [-0.05, 0) is 58.6 Å². The molecule has 1 fully saturated rings. The third-order valence-corrected chi connectivity index (χ3v) is 5.13. The van der Waals surface area contributed by atoms with Crippen molar-refractivity contribution in [2.24, 2.45) is 0 Å². The van der Waals surface area contributed by atoms with Gasteiger partial charge in [0.05, 0.1) is 13.7 Å². The molecule has 0 unspecified atom stereocenters. The zero-order valence-corrected chi connectivity index (χ0v) is 17.3. The molecule has 2 N–H and O–H groups in total. The Bertz CT molecular complexity index is 815. The van der Waals surface area contributed by atoms with Crippen molar-refractivity contribution in [3.63, 3.8) is 0 Å². The molecule has 1 aromatic carbocycles. The second-order valence-electron chi connectivity index (χ2n) is 6.76. The summed E-state index contributed by atoms with van der Waals surface area (Å²) in [5.41, 5.74) is 1.22. The van der Waals surface area contributed by atoms with Crippen LogP contribution in [0.1, 0.15) is 29.0 Å². The van der Waals surface area contributed by atoms with Crippen molar-refractivity contribution in [1.82, 2.24) is 15.5 Å². The standard InChI is InChI=1S/C20H24BrN3O4/c1-27-16-4-2-3-14(11-16)13-24-9-7-15(8-10-24)23-19(25)12-22-20(26)17-5-6-18(21)28-17/h2-6,11,15H,7-10,12-13H2,1H3,(H,22,26)(H,23,25). The number of carbonyl (C=O) groups is 2. The number of carbonyl (C=O) groups excluding carboxylic acids is 2. The molecule has 150 valence electrons. The average molecular weight is 450 g/mol. The molecular weight excluding hydrogens is 426 g/mol. The molecule has 0 saturated carbocycles. The van der Waals surface area contributed by atoms with Crippen molar-refractivity contribution >= 4 is 27.7 Å². The maximum atomic E-state index is 12.1. The number of nitrogens with one attached hydrogen (secondary N) is 2. The van der Waals surface area contributed by atoms with Gasteiger partial charge in [-0.3, -0.25) is 14.5 Å². The van der Waals surface area contributed by atoms with E-state index >= 15 is 0 Å². The third kappa shape index (κ3) is 5.84. The molecule has 2 heterocycles. The second kappa shape index (κ2) is 9.75. The molecule has 0 spiro atoms. The zero-order chi connectivity index (χ0) is 19.9. The summed E-state index contributed by atoms with van der Waals surface area (Å²) in [6.07, 6.45) is 1.77. The number of benzene rings is 1. The highest BCUT2D eigenvalue weighted by molar-refractivity contribution is 9.10. The molecule has 28 heavy (non-hydrogen) atoms. The Hall–Kier alpha value is -2.32. The highest BCUT2D eigenvalue weighted by Gasteiger charge is 2.21. The number of nitrogens with zero attached hydrogens (tertiary/aromatic N) is 1. The van der Waals surface area contributed by atoms with Crippen LogP contribution < -0.4 is 15.4 Å². The number of ether oxygens (including phenoxy) is 1. The summed E-state index contributed by atoms with van der Waals surface area (Å²) >= 11 is 3.14. The van der Waals surface area contributed by atoms with Gasteiger partial charge in [0.25, 0.3) is 5.91 Å². The second-order valence-corrected chi connectivity index (χ2v) is 7.54. The molecule has 2 aromatic rings. The van der Waals surface area contributed by atoms with Gasteiger partial charge in [-0.15, -0.1) is 0 Å². The fourth-order valence-electron chi connectivity index (χ4n) is 3.23. The first-order valence-corrected chi connectivity index (χ1v) is 10.0. The van der Waals surface area contributed by atoms with E-state index in [1.807, 2.05) is 18.2 Å². The number of furan rings is 1. The first-order chi connectivity index (χ1) is 13.5. The van der Waals surface area contributed by atoms with Crippen molar-refractivity contribution in [3.8, 4) is 5.75 Å². The Morgan fingerprint density at radius 3 is 2.71 bits per heavy atom. The van der Waals surface area contributed by atoms with Crippen molar-refractivity contribution in [2.45, 2.75) is 25.4 Å². The minimum atomic E-state index is -0.408. The Balaban J connectivity index is 1.37. The molecule has 1 aliphatic heterocycles. The van der Waals surface area contributed by atoms with E-state index in [4.69, 9.17) is 9.15 Å². The van der Waals surface area contributed by atoms with E-state index in [0.717, 1.165) is 38.2 Å². The first kappa shape index (κ1) is 20.4. The van der Waals surface area contributed by atoms with Crippen LogP contribution >= 0.6 is 15.9 Å². The average Bonchev–Trinajstić information content (AvgIpc) is 3.14. The Labute approximate surface area is 172 Å². The summed E-state index contributed by atoms with van der Waals surface area (Å²) in [6, 6.07) is 11.4. The van der Waals surface area contributed by atoms with Crippen LogP contribution in [0, 0.1) is 0 Å². The smallest absolute Gasteiger partial charge is 0.287 e. The van der Waals surface area contributed by atoms with Crippen molar-refractivity contribution < 1.29 is 18.7 Å². The van der Waals surface area contributed by atoms with Crippen LogP contribution in [0.15, 0.2) is 45.5 Å². The Morgan fingerprint density at radius 1 is 1.25 bits per heavy atom. The maximum absolute atomic E-state index is 12.1. The van der Waals surface area contributed by atoms with E-state index in [1.165, 1.54) is 5.56 Å². The van der Waals surface area contributed by atoms with E-state index in [-0.39, 0.29) is 24.3 Å². The summed E-state index contributed by atoms with van der Waals surface area (Å²) in [5, 5.41) is 5.56. The lowest BCUT2D eigenvalue weighted by atomic mass is 10.0. The van der Waals surface area contributed by atoms with Gasteiger partial charge >= 0.3 is 0 Å². The van der Waals surface area contributed by atoms with Gasteiger partial charge in [0, 0.05) is 25.7 Å². The van der Waals surface area contributed by atoms with Gasteiger partial charge in [-0.25, -0.2) is 0 Å². The minimum absolute atomic E-state index is 0.0683. The molecule has 1 aliphatic rings. The van der Waals surface area contributed by atoms with E-state index < -0.39 is 5.91 Å². The van der Waals surface area contributed by atoms with Crippen LogP contribution in [-0.4, -0.2) is 49.5 Å². The van der Waals surface area contributed by atoms with Crippen LogP contribution in [-0.2, 0) is 11.3 Å². The van der Waals surface area contributed by atoms with Crippen LogP contribution in [0.4, 0.5) is 0 Å². The lowest BCUT2D eigenvalue weighted by molar-refractivity contribution is -0.121. The number of hydrogen-bond donors (Lipinski definition) is 2. The van der Waals surface area contributed by atoms with Gasteiger partial charge in [-0.1, -0.05) is 12.1 Å². The molecule has 1 aromatic heterocycles. The van der Waals surface area contributed by atoms with E-state index in [1.54, 1.807) is 19.2 Å². The van der Waals surface area contributed by atoms with Crippen LogP contribution in [0.25, 0.3) is 0 Å². The van der Waals surface area contributed by atoms with Crippen molar-refractivity contribution in [3.05, 3.63) is 52.4 Å². The maximum Gasteiger partial charge on any atom is 0.287 e. The van der Waals surface area contributed by atoms with Gasteiger partial charge in [0.15, 0.2) is 10.4 Å². The fourth-order valence-corrected chi connectivity index (χ4v) is 3.53. The van der Waals surface area contributed by atoms with Crippen LogP contribution in [0.5, 0.6) is 5.75 Å². The van der Waals surface area contributed by atoms with Gasteiger partial charge in [-0.2, -0.15) is 0 Å². The Kier molecular flexibility index (Phi) is 7.11. The SMILES string of the molecule is COc1cccc(CN2CCC(NC(=O)CNC(=O)c3ccc(Br)o3)CC2)c1. The lowest BCUT2D eigenvalue weighted by Gasteiger charge is -2.32. The quantitative estimate of drug-likeness (QED) is 0.678. The number of halogens is 1. The largest absolute Gasteiger partial charge is 0.497 e. The lowest BCUT2D eigenvalue weighted by Crippen LogP contribution is -2.47. The normalized spacial score (nSPS) is 15.2. The van der Waals surface area contributed by atoms with Crippen molar-refractivity contribution in [2.75, 3.05) is 26.7 Å². The summed E-state index contributed by atoms with van der Waals surface area (Å²) in [4.78, 5) is 26.4. The number of piperidine rings is 1. The number of amides is 2. The molecule has 3 rings (SSSR count). The molecular formula is C20H24BrN3O4. The highest BCUT2D eigenvalue weighted by atomic mass is 79.9. The topological polar surface area (TPSA) is 83.8 Å². The molecule has 1 saturated heterocycles. The number of methoxy groups -OCH3 is 1. The molecule has 0 aliphatic carbocycles. The van der Waals surface area contributed by atoms with Gasteiger partial charge in [0.1, 0.15) is 5.75 Å². The minimum Gasteiger partial charge on any atom is -0.497 e. The first-order valence-electron chi connectivity index (χ1n) is 9.21. The van der Waals surface area contributed by atoms with E-state index in [0.29, 0.717) is 4.67 Å². The number of likely N-dealkylation sites (tertiary alicyclic amines) is 1. The van der Waals surface area contributed by atoms with Gasteiger partial charge < -0.3 is 19.8 Å². The number of hydrogen-bond acceptors (Lipinski definition) is 5. The van der Waals surface area contributed by atoms with E-state index in [9.17, 15) is 9.59 Å². The number of rotatable bonds is 7. The van der Waals surface area contributed by atoms with E-state index in [2.05, 4.69) is 37.5 Å². The van der Waals surface area contributed by atoms with Gasteiger partial charge in [0.2, 0.25) is 5.91 Å².